The van der Waals surface area contributed by atoms with Crippen LogP contribution in [0.5, 0.6) is 0 Å². The first-order valence-corrected chi connectivity index (χ1v) is 9.47. The number of nitrogens with one attached hydrogen (secondary N) is 1. The second kappa shape index (κ2) is 11.5. The number of imidazole rings is 1. The number of carboxylic acids is 1. The molecule has 1 heterocycles. The molecule has 3 atom stereocenters. The molecule has 1 rings (SSSR count). The summed E-state index contributed by atoms with van der Waals surface area (Å²) in [4.78, 5) is 45.2. The van der Waals surface area contributed by atoms with Crippen molar-refractivity contribution in [3.05, 3.63) is 18.2 Å². The SMILES string of the molecule is CC(C)CC(N)C(=O)N(C(=O)C(N)Cc1cnc[nH]1)C(CCCCN)C(=O)O. The van der Waals surface area contributed by atoms with Crippen molar-refractivity contribution < 1.29 is 19.5 Å². The van der Waals surface area contributed by atoms with Crippen molar-refractivity contribution in [2.24, 2.45) is 23.1 Å². The Bertz CT molecular complexity index is 634. The van der Waals surface area contributed by atoms with E-state index < -0.39 is 35.9 Å². The van der Waals surface area contributed by atoms with Gasteiger partial charge in [-0.25, -0.2) is 9.78 Å². The third-order valence-corrected chi connectivity index (χ3v) is 4.36. The van der Waals surface area contributed by atoms with Crippen LogP contribution in [0.4, 0.5) is 0 Å². The van der Waals surface area contributed by atoms with Crippen LogP contribution < -0.4 is 17.2 Å². The highest BCUT2D eigenvalue weighted by molar-refractivity contribution is 6.03. The van der Waals surface area contributed by atoms with Crippen LogP contribution in [0.15, 0.2) is 12.5 Å². The number of hydrogen-bond donors (Lipinski definition) is 5. The minimum Gasteiger partial charge on any atom is -0.480 e. The molecule has 0 aromatic carbocycles. The molecule has 28 heavy (non-hydrogen) atoms. The molecule has 0 aliphatic rings. The molecule has 158 valence electrons. The van der Waals surface area contributed by atoms with Crippen LogP contribution in [0, 0.1) is 5.92 Å². The molecule has 1 aromatic rings. The van der Waals surface area contributed by atoms with E-state index >= 15 is 0 Å². The van der Waals surface area contributed by atoms with E-state index in [0.29, 0.717) is 31.5 Å². The van der Waals surface area contributed by atoms with Gasteiger partial charge in [0.15, 0.2) is 0 Å². The number of carbonyl (C=O) groups excluding carboxylic acids is 2. The zero-order chi connectivity index (χ0) is 21.3. The van der Waals surface area contributed by atoms with Crippen LogP contribution >= 0.6 is 0 Å². The fourth-order valence-corrected chi connectivity index (χ4v) is 2.95. The molecule has 0 saturated heterocycles. The van der Waals surface area contributed by atoms with Crippen LogP contribution in [0.25, 0.3) is 0 Å². The highest BCUT2D eigenvalue weighted by atomic mass is 16.4. The second-order valence-electron chi connectivity index (χ2n) is 7.31. The molecule has 0 radical (unpaired) electrons. The molecular weight excluding hydrogens is 364 g/mol. The lowest BCUT2D eigenvalue weighted by atomic mass is 10.00. The van der Waals surface area contributed by atoms with E-state index in [9.17, 15) is 19.5 Å². The van der Waals surface area contributed by atoms with Crippen molar-refractivity contribution in [1.29, 1.82) is 0 Å². The van der Waals surface area contributed by atoms with Gasteiger partial charge in [0, 0.05) is 18.3 Å². The number of nitrogens with zero attached hydrogens (tertiary/aromatic N) is 2. The molecule has 1 aromatic heterocycles. The first-order chi connectivity index (χ1) is 13.2. The van der Waals surface area contributed by atoms with Crippen molar-refractivity contribution in [2.75, 3.05) is 6.54 Å². The zero-order valence-electron chi connectivity index (χ0n) is 16.5. The van der Waals surface area contributed by atoms with Gasteiger partial charge in [-0.2, -0.15) is 0 Å². The molecule has 0 aliphatic heterocycles. The van der Waals surface area contributed by atoms with Gasteiger partial charge in [0.05, 0.1) is 18.4 Å². The smallest absolute Gasteiger partial charge is 0.326 e. The average Bonchev–Trinajstić information content (AvgIpc) is 3.12. The highest BCUT2D eigenvalue weighted by Crippen LogP contribution is 2.16. The number of rotatable bonds is 12. The number of carbonyl (C=O) groups is 3. The second-order valence-corrected chi connectivity index (χ2v) is 7.31. The monoisotopic (exact) mass is 396 g/mol. The van der Waals surface area contributed by atoms with Gasteiger partial charge in [-0.05, 0) is 38.1 Å². The number of aromatic amines is 1. The van der Waals surface area contributed by atoms with Gasteiger partial charge in [-0.3, -0.25) is 14.5 Å². The van der Waals surface area contributed by atoms with Gasteiger partial charge in [-0.15, -0.1) is 0 Å². The Balaban J connectivity index is 3.10. The van der Waals surface area contributed by atoms with Gasteiger partial charge in [0.1, 0.15) is 6.04 Å². The van der Waals surface area contributed by atoms with E-state index in [1.807, 2.05) is 13.8 Å². The Morgan fingerprint density at radius 1 is 1.18 bits per heavy atom. The summed E-state index contributed by atoms with van der Waals surface area (Å²) in [5.41, 5.74) is 18.0. The van der Waals surface area contributed by atoms with Crippen LogP contribution in [0.1, 0.15) is 45.2 Å². The third kappa shape index (κ3) is 7.02. The maximum Gasteiger partial charge on any atom is 0.326 e. The molecule has 0 bridgehead atoms. The van der Waals surface area contributed by atoms with Crippen molar-refractivity contribution in [1.82, 2.24) is 14.9 Å². The molecular formula is C18H32N6O4. The summed E-state index contributed by atoms with van der Waals surface area (Å²) < 4.78 is 0. The number of H-pyrrole nitrogens is 1. The number of carboxylic acid groups (broad SMARTS) is 1. The van der Waals surface area contributed by atoms with Gasteiger partial charge < -0.3 is 27.3 Å². The van der Waals surface area contributed by atoms with E-state index in [4.69, 9.17) is 17.2 Å². The predicted molar refractivity (Wildman–Crippen MR) is 104 cm³/mol. The summed E-state index contributed by atoms with van der Waals surface area (Å²) >= 11 is 0. The first-order valence-electron chi connectivity index (χ1n) is 9.47. The number of imide groups is 1. The molecule has 8 N–H and O–H groups in total. The van der Waals surface area contributed by atoms with Gasteiger partial charge in [0.2, 0.25) is 11.8 Å². The Labute approximate surface area is 164 Å². The molecule has 10 nitrogen and oxygen atoms in total. The Morgan fingerprint density at radius 2 is 1.82 bits per heavy atom. The maximum absolute atomic E-state index is 13.0. The van der Waals surface area contributed by atoms with Crippen LogP contribution in [-0.2, 0) is 20.8 Å². The van der Waals surface area contributed by atoms with Crippen LogP contribution in [0.2, 0.25) is 0 Å². The number of aromatic nitrogens is 2. The van der Waals surface area contributed by atoms with Gasteiger partial charge in [0.25, 0.3) is 0 Å². The zero-order valence-corrected chi connectivity index (χ0v) is 16.5. The lowest BCUT2D eigenvalue weighted by Gasteiger charge is -2.31. The van der Waals surface area contributed by atoms with Crippen molar-refractivity contribution in [3.8, 4) is 0 Å². The summed E-state index contributed by atoms with van der Waals surface area (Å²) in [6.07, 6.45) is 4.51. The third-order valence-electron chi connectivity index (χ3n) is 4.36. The number of aliphatic carboxylic acids is 1. The largest absolute Gasteiger partial charge is 0.480 e. The minimum absolute atomic E-state index is 0.0924. The van der Waals surface area contributed by atoms with Crippen LogP contribution in [-0.4, -0.2) is 62.4 Å². The number of amides is 2. The quantitative estimate of drug-likeness (QED) is 0.295. The summed E-state index contributed by atoms with van der Waals surface area (Å²) in [6, 6.07) is -3.43. The molecule has 2 amide bonds. The van der Waals surface area contributed by atoms with E-state index in [1.54, 1.807) is 0 Å². The van der Waals surface area contributed by atoms with Gasteiger partial charge in [-0.1, -0.05) is 13.8 Å². The Kier molecular flexibility index (Phi) is 9.77. The topological polar surface area (TPSA) is 181 Å². The minimum atomic E-state index is -1.34. The van der Waals surface area contributed by atoms with E-state index in [0.717, 1.165) is 4.90 Å². The Hall–Kier alpha value is -2.30. The molecule has 0 spiro atoms. The normalized spacial score (nSPS) is 14.5. The lowest BCUT2D eigenvalue weighted by molar-refractivity contribution is -0.159. The number of nitrogens with two attached hydrogens (primary N) is 3. The number of unbranched alkanes of at least 4 members (excludes halogenated alkanes) is 1. The van der Waals surface area contributed by atoms with E-state index in [1.165, 1.54) is 12.5 Å². The summed E-state index contributed by atoms with van der Waals surface area (Å²) in [6.45, 7) is 4.17. The van der Waals surface area contributed by atoms with Gasteiger partial charge >= 0.3 is 5.97 Å². The van der Waals surface area contributed by atoms with Crippen LogP contribution in [0.3, 0.4) is 0 Å². The Morgan fingerprint density at radius 3 is 2.32 bits per heavy atom. The fraction of sp³-hybridized carbons (Fsp3) is 0.667. The summed E-state index contributed by atoms with van der Waals surface area (Å²) in [7, 11) is 0. The predicted octanol–water partition coefficient (Wildman–Crippen LogP) is -0.410. The average molecular weight is 396 g/mol. The van der Waals surface area contributed by atoms with Crippen molar-refractivity contribution >= 4 is 17.8 Å². The molecule has 0 fully saturated rings. The van der Waals surface area contributed by atoms with E-state index in [-0.39, 0.29) is 18.8 Å². The standard InChI is InChI=1S/C18H32N6O4/c1-11(2)7-13(20)16(25)24(15(18(27)28)5-3-4-6-19)17(26)14(21)8-12-9-22-10-23-12/h9-11,13-15H,3-8,19-21H2,1-2H3,(H,22,23)(H,27,28). The highest BCUT2D eigenvalue weighted by Gasteiger charge is 2.39. The molecule has 3 unspecified atom stereocenters. The molecule has 10 heteroatoms. The fourth-order valence-electron chi connectivity index (χ4n) is 2.95. The summed E-state index contributed by atoms with van der Waals surface area (Å²) in [5, 5.41) is 9.67. The number of hydrogen-bond acceptors (Lipinski definition) is 7. The molecule has 0 aliphatic carbocycles. The summed E-state index contributed by atoms with van der Waals surface area (Å²) in [5.74, 6) is -2.66. The first kappa shape index (κ1) is 23.7. The van der Waals surface area contributed by atoms with Crippen molar-refractivity contribution in [2.45, 2.75) is 64.1 Å². The molecule has 0 saturated carbocycles. The van der Waals surface area contributed by atoms with E-state index in [2.05, 4.69) is 9.97 Å². The van der Waals surface area contributed by atoms with Crippen molar-refractivity contribution in [3.63, 3.8) is 0 Å². The lowest BCUT2D eigenvalue weighted by Crippen LogP contribution is -2.58. The maximum atomic E-state index is 13.0.